The fourth-order valence-corrected chi connectivity index (χ4v) is 3.47. The summed E-state index contributed by atoms with van der Waals surface area (Å²) >= 11 is 0. The van der Waals surface area contributed by atoms with Crippen LogP contribution in [0.15, 0.2) is 54.6 Å². The number of carboxylic acid groups (broad SMARTS) is 2. The minimum absolute atomic E-state index is 0. The highest BCUT2D eigenvalue weighted by molar-refractivity contribution is 6.02. The predicted octanol–water partition coefficient (Wildman–Crippen LogP) is 2.10. The maximum atomic E-state index is 13.1. The number of carboxylic acids is 2. The number of carbonyl (C=O) groups excluding carboxylic acids is 1. The van der Waals surface area contributed by atoms with E-state index in [9.17, 15) is 24.6 Å². The highest BCUT2D eigenvalue weighted by atomic mass is 35.5. The molecule has 2 atom stereocenters. The van der Waals surface area contributed by atoms with Gasteiger partial charge in [0.05, 0.1) is 19.3 Å². The number of hydrogen-bond donors (Lipinski definition) is 3. The van der Waals surface area contributed by atoms with Crippen molar-refractivity contribution in [2.45, 2.75) is 31.5 Å². The van der Waals surface area contributed by atoms with Crippen LogP contribution in [0.5, 0.6) is 0 Å². The van der Waals surface area contributed by atoms with Crippen molar-refractivity contribution in [2.24, 2.45) is 0 Å². The maximum Gasteiger partial charge on any atom is 0.323 e. The number of hydrogen-bond acceptors (Lipinski definition) is 5. The maximum absolute atomic E-state index is 13.1. The number of ether oxygens (including phenoxy) is 1. The third kappa shape index (κ3) is 6.52. The third-order valence-corrected chi connectivity index (χ3v) is 4.94. The van der Waals surface area contributed by atoms with E-state index in [1.807, 2.05) is 42.5 Å². The molecule has 0 saturated carbocycles. The molecule has 0 bridgehead atoms. The van der Waals surface area contributed by atoms with Gasteiger partial charge in [0.1, 0.15) is 12.6 Å². The number of aryl methyl sites for hydroxylation is 1. The molecule has 0 spiro atoms. The number of benzene rings is 2. The summed E-state index contributed by atoms with van der Waals surface area (Å²) in [5, 5.41) is 21.7. The van der Waals surface area contributed by atoms with Crippen molar-refractivity contribution in [1.29, 1.82) is 0 Å². The standard InChI is InChI=1S/C22H24N2O6.ClH/c25-20(26)12-24-19-9-5-4-8-16(19)10-11-17(21(24)27)23-18(22(28)29)14-30-13-15-6-2-1-3-7-15;/h1-9,17-18,23H,10-14H2,(H,25,26)(H,28,29);1H/t17-,18-;/m0./s1. The topological polar surface area (TPSA) is 116 Å². The molecule has 31 heavy (non-hydrogen) atoms. The molecule has 2 aromatic rings. The van der Waals surface area contributed by atoms with Gasteiger partial charge in [0.2, 0.25) is 5.91 Å². The van der Waals surface area contributed by atoms with E-state index in [0.717, 1.165) is 11.1 Å². The number of nitrogens with zero attached hydrogens (tertiary/aromatic N) is 1. The molecule has 0 unspecified atom stereocenters. The van der Waals surface area contributed by atoms with Crippen LogP contribution in [0.2, 0.25) is 0 Å². The Kier molecular flexibility index (Phi) is 8.99. The summed E-state index contributed by atoms with van der Waals surface area (Å²) in [6.45, 7) is -0.363. The predicted molar refractivity (Wildman–Crippen MR) is 116 cm³/mol. The number of anilines is 1. The molecule has 2 aromatic carbocycles. The Labute approximate surface area is 186 Å². The Morgan fingerprint density at radius 3 is 2.45 bits per heavy atom. The number of fused-ring (bicyclic) bond motifs is 1. The van der Waals surface area contributed by atoms with Crippen LogP contribution >= 0.6 is 12.4 Å². The average molecular weight is 449 g/mol. The quantitative estimate of drug-likeness (QED) is 0.538. The van der Waals surface area contributed by atoms with E-state index < -0.39 is 36.5 Å². The number of aliphatic carboxylic acids is 2. The Morgan fingerprint density at radius 2 is 1.77 bits per heavy atom. The first-order chi connectivity index (χ1) is 14.5. The summed E-state index contributed by atoms with van der Waals surface area (Å²) in [6.07, 6.45) is 0.876. The number of halogens is 1. The highest BCUT2D eigenvalue weighted by Gasteiger charge is 2.34. The monoisotopic (exact) mass is 448 g/mol. The second kappa shape index (κ2) is 11.5. The lowest BCUT2D eigenvalue weighted by atomic mass is 10.1. The van der Waals surface area contributed by atoms with Crippen LogP contribution < -0.4 is 10.2 Å². The molecule has 9 heteroatoms. The van der Waals surface area contributed by atoms with Crippen LogP contribution in [0.3, 0.4) is 0 Å². The second-order valence-electron chi connectivity index (χ2n) is 7.10. The molecule has 1 aliphatic heterocycles. The summed E-state index contributed by atoms with van der Waals surface area (Å²) in [4.78, 5) is 37.3. The fourth-order valence-electron chi connectivity index (χ4n) is 3.47. The van der Waals surface area contributed by atoms with Crippen LogP contribution in [0, 0.1) is 0 Å². The van der Waals surface area contributed by atoms with Crippen LogP contribution in [0.1, 0.15) is 17.5 Å². The molecule has 0 radical (unpaired) electrons. The zero-order chi connectivity index (χ0) is 21.5. The minimum Gasteiger partial charge on any atom is -0.480 e. The van der Waals surface area contributed by atoms with Crippen molar-refractivity contribution < 1.29 is 29.3 Å². The van der Waals surface area contributed by atoms with E-state index >= 15 is 0 Å². The fraction of sp³-hybridized carbons (Fsp3) is 0.318. The van der Waals surface area contributed by atoms with Gasteiger partial charge in [0, 0.05) is 5.69 Å². The van der Waals surface area contributed by atoms with Crippen LogP contribution in [-0.2, 0) is 32.1 Å². The van der Waals surface area contributed by atoms with Crippen LogP contribution in [0.25, 0.3) is 0 Å². The van der Waals surface area contributed by atoms with E-state index in [0.29, 0.717) is 18.5 Å². The van der Waals surface area contributed by atoms with Gasteiger partial charge in [0.15, 0.2) is 0 Å². The normalized spacial score (nSPS) is 16.6. The van der Waals surface area contributed by atoms with E-state index in [-0.39, 0.29) is 25.6 Å². The van der Waals surface area contributed by atoms with Crippen LogP contribution in [-0.4, -0.2) is 53.3 Å². The first kappa shape index (κ1) is 24.3. The van der Waals surface area contributed by atoms with Gasteiger partial charge in [-0.25, -0.2) is 0 Å². The number of amides is 1. The Hall–Kier alpha value is -2.94. The van der Waals surface area contributed by atoms with Gasteiger partial charge in [0.25, 0.3) is 0 Å². The van der Waals surface area contributed by atoms with Crippen molar-refractivity contribution >= 4 is 35.9 Å². The molecule has 8 nitrogen and oxygen atoms in total. The SMILES string of the molecule is Cl.O=C(O)CN1C(=O)[C@@H](N[C@@H](COCc2ccccc2)C(=O)O)CCc2ccccc21. The van der Waals surface area contributed by atoms with Gasteiger partial charge in [-0.3, -0.25) is 24.6 Å². The van der Waals surface area contributed by atoms with Gasteiger partial charge < -0.3 is 14.9 Å². The molecular weight excluding hydrogens is 424 g/mol. The van der Waals surface area contributed by atoms with E-state index in [1.165, 1.54) is 4.90 Å². The zero-order valence-corrected chi connectivity index (χ0v) is 17.6. The molecule has 3 rings (SSSR count). The van der Waals surface area contributed by atoms with Crippen molar-refractivity contribution in [1.82, 2.24) is 5.32 Å². The van der Waals surface area contributed by atoms with Gasteiger partial charge in [-0.2, -0.15) is 0 Å². The van der Waals surface area contributed by atoms with E-state index in [2.05, 4.69) is 5.32 Å². The molecule has 3 N–H and O–H groups in total. The average Bonchev–Trinajstić information content (AvgIpc) is 2.85. The van der Waals surface area contributed by atoms with Crippen LogP contribution in [0.4, 0.5) is 5.69 Å². The molecule has 1 heterocycles. The molecule has 0 aliphatic carbocycles. The zero-order valence-electron chi connectivity index (χ0n) is 16.8. The summed E-state index contributed by atoms with van der Waals surface area (Å²) in [5.41, 5.74) is 2.31. The molecule has 166 valence electrons. The number of nitrogens with one attached hydrogen (secondary N) is 1. The minimum atomic E-state index is -1.14. The van der Waals surface area contributed by atoms with Crippen molar-refractivity contribution in [3.05, 3.63) is 65.7 Å². The molecule has 1 amide bonds. The van der Waals surface area contributed by atoms with Gasteiger partial charge in [-0.05, 0) is 30.0 Å². The first-order valence-electron chi connectivity index (χ1n) is 9.67. The highest BCUT2D eigenvalue weighted by Crippen LogP contribution is 2.27. The molecule has 0 fully saturated rings. The molecular formula is C22H25ClN2O6. The number of carbonyl (C=O) groups is 3. The first-order valence-corrected chi connectivity index (χ1v) is 9.67. The largest absolute Gasteiger partial charge is 0.480 e. The van der Waals surface area contributed by atoms with Gasteiger partial charge in [-0.1, -0.05) is 48.5 Å². The van der Waals surface area contributed by atoms with Gasteiger partial charge >= 0.3 is 11.9 Å². The smallest absolute Gasteiger partial charge is 0.323 e. The third-order valence-electron chi connectivity index (χ3n) is 4.94. The summed E-state index contributed by atoms with van der Waals surface area (Å²) in [7, 11) is 0. The lowest BCUT2D eigenvalue weighted by molar-refractivity contribution is -0.142. The van der Waals surface area contributed by atoms with E-state index in [4.69, 9.17) is 4.74 Å². The Bertz CT molecular complexity index is 908. The number of rotatable bonds is 9. The number of para-hydroxylation sites is 1. The molecule has 0 aromatic heterocycles. The summed E-state index contributed by atoms with van der Waals surface area (Å²) < 4.78 is 5.54. The molecule has 0 saturated heterocycles. The van der Waals surface area contributed by atoms with Crippen molar-refractivity contribution in [3.8, 4) is 0 Å². The second-order valence-corrected chi connectivity index (χ2v) is 7.10. The lowest BCUT2D eigenvalue weighted by Crippen LogP contribution is -2.54. The van der Waals surface area contributed by atoms with Gasteiger partial charge in [-0.15, -0.1) is 12.4 Å². The van der Waals surface area contributed by atoms with E-state index in [1.54, 1.807) is 12.1 Å². The lowest BCUT2D eigenvalue weighted by Gasteiger charge is -2.26. The summed E-state index contributed by atoms with van der Waals surface area (Å²) in [6, 6.07) is 14.5. The van der Waals surface area contributed by atoms with Crippen molar-refractivity contribution in [3.63, 3.8) is 0 Å². The van der Waals surface area contributed by atoms with Crippen molar-refractivity contribution in [2.75, 3.05) is 18.1 Å². The Morgan fingerprint density at radius 1 is 1.10 bits per heavy atom. The molecule has 1 aliphatic rings. The summed E-state index contributed by atoms with van der Waals surface area (Å²) in [5.74, 6) is -2.74. The Balaban J connectivity index is 0.00000341.